The summed E-state index contributed by atoms with van der Waals surface area (Å²) < 4.78 is 5.25. The van der Waals surface area contributed by atoms with E-state index in [-0.39, 0.29) is 5.54 Å². The van der Waals surface area contributed by atoms with Crippen LogP contribution in [0.5, 0.6) is 5.75 Å². The number of nitrogens with two attached hydrogens (primary N) is 1. The van der Waals surface area contributed by atoms with E-state index in [1.54, 1.807) is 7.11 Å². The van der Waals surface area contributed by atoms with Crippen molar-refractivity contribution in [1.29, 1.82) is 0 Å². The van der Waals surface area contributed by atoms with Gasteiger partial charge in [0.15, 0.2) is 0 Å². The van der Waals surface area contributed by atoms with Gasteiger partial charge in [0.1, 0.15) is 5.75 Å². The van der Waals surface area contributed by atoms with Gasteiger partial charge in [0.2, 0.25) is 0 Å². The molecule has 0 radical (unpaired) electrons. The summed E-state index contributed by atoms with van der Waals surface area (Å²) in [7, 11) is 1.70. The van der Waals surface area contributed by atoms with Gasteiger partial charge < -0.3 is 10.5 Å². The molecule has 2 nitrogen and oxygen atoms in total. The second-order valence-corrected chi connectivity index (χ2v) is 4.55. The molecule has 0 unspecified atom stereocenters. The van der Waals surface area contributed by atoms with Crippen molar-refractivity contribution >= 4 is 0 Å². The Morgan fingerprint density at radius 1 is 1.27 bits per heavy atom. The van der Waals surface area contributed by atoms with Crippen LogP contribution in [0.15, 0.2) is 18.2 Å². The average molecular weight is 205 g/mol. The van der Waals surface area contributed by atoms with Crippen molar-refractivity contribution in [2.75, 3.05) is 7.11 Å². The minimum atomic E-state index is -0.0863. The van der Waals surface area contributed by atoms with E-state index in [4.69, 9.17) is 10.5 Å². The van der Waals surface area contributed by atoms with Gasteiger partial charge in [-0.1, -0.05) is 25.0 Å². The van der Waals surface area contributed by atoms with E-state index in [1.807, 2.05) is 6.07 Å². The zero-order valence-electron chi connectivity index (χ0n) is 9.55. The first-order chi connectivity index (χ1) is 7.15. The van der Waals surface area contributed by atoms with Gasteiger partial charge in [-0.3, -0.25) is 0 Å². The van der Waals surface area contributed by atoms with E-state index in [2.05, 4.69) is 19.1 Å². The van der Waals surface area contributed by atoms with E-state index in [0.717, 1.165) is 18.6 Å². The van der Waals surface area contributed by atoms with E-state index in [9.17, 15) is 0 Å². The Balaban J connectivity index is 2.33. The summed E-state index contributed by atoms with van der Waals surface area (Å²) in [6, 6.07) is 6.30. The Kier molecular flexibility index (Phi) is 2.70. The maximum Gasteiger partial charge on any atom is 0.121 e. The molecule has 0 atom stereocenters. The van der Waals surface area contributed by atoms with Crippen LogP contribution in [0.3, 0.4) is 0 Å². The lowest BCUT2D eigenvalue weighted by molar-refractivity contribution is 0.409. The molecule has 0 bridgehead atoms. The summed E-state index contributed by atoms with van der Waals surface area (Å²) >= 11 is 0. The number of aryl methyl sites for hydroxylation is 1. The maximum absolute atomic E-state index is 6.40. The van der Waals surface area contributed by atoms with Crippen molar-refractivity contribution in [3.8, 4) is 5.75 Å². The predicted octanol–water partition coefficient (Wildman–Crippen LogP) is 2.73. The quantitative estimate of drug-likeness (QED) is 0.805. The van der Waals surface area contributed by atoms with Crippen LogP contribution < -0.4 is 10.5 Å². The summed E-state index contributed by atoms with van der Waals surface area (Å²) in [5, 5.41) is 0. The highest BCUT2D eigenvalue weighted by Crippen LogP contribution is 2.37. The molecule has 0 aliphatic heterocycles. The van der Waals surface area contributed by atoms with Crippen molar-refractivity contribution in [1.82, 2.24) is 0 Å². The van der Waals surface area contributed by atoms with Crippen molar-refractivity contribution in [3.63, 3.8) is 0 Å². The van der Waals surface area contributed by atoms with Crippen LogP contribution in [0, 0.1) is 6.92 Å². The first-order valence-electron chi connectivity index (χ1n) is 5.60. The fourth-order valence-electron chi connectivity index (χ4n) is 2.48. The van der Waals surface area contributed by atoms with Crippen LogP contribution in [0.2, 0.25) is 0 Å². The molecule has 0 aromatic heterocycles. The third kappa shape index (κ3) is 1.86. The summed E-state index contributed by atoms with van der Waals surface area (Å²) in [5.74, 6) is 0.945. The van der Waals surface area contributed by atoms with Gasteiger partial charge in [-0.05, 0) is 37.0 Å². The van der Waals surface area contributed by atoms with Crippen LogP contribution in [0.25, 0.3) is 0 Å². The molecular formula is C13H19NO. The Bertz CT molecular complexity index is 354. The molecule has 1 fully saturated rings. The van der Waals surface area contributed by atoms with Gasteiger partial charge in [-0.2, -0.15) is 0 Å². The molecule has 0 spiro atoms. The molecule has 2 heteroatoms. The molecule has 1 aromatic carbocycles. The summed E-state index contributed by atoms with van der Waals surface area (Å²) in [5.41, 5.74) is 8.75. The molecule has 1 saturated carbocycles. The average Bonchev–Trinajstić information content (AvgIpc) is 2.66. The molecule has 1 aliphatic carbocycles. The van der Waals surface area contributed by atoms with Gasteiger partial charge >= 0.3 is 0 Å². The molecule has 0 heterocycles. The number of hydrogen-bond acceptors (Lipinski definition) is 2. The molecule has 15 heavy (non-hydrogen) atoms. The minimum Gasteiger partial charge on any atom is -0.496 e. The number of methoxy groups -OCH3 is 1. The van der Waals surface area contributed by atoms with Gasteiger partial charge in [-0.15, -0.1) is 0 Å². The van der Waals surface area contributed by atoms with Gasteiger partial charge in [0.05, 0.1) is 7.11 Å². The van der Waals surface area contributed by atoms with Crippen molar-refractivity contribution < 1.29 is 4.74 Å². The molecule has 1 aliphatic rings. The molecule has 2 rings (SSSR count). The Morgan fingerprint density at radius 3 is 2.47 bits per heavy atom. The van der Waals surface area contributed by atoms with Crippen LogP contribution in [0.1, 0.15) is 36.8 Å². The zero-order chi connectivity index (χ0) is 10.9. The molecule has 1 aromatic rings. The van der Waals surface area contributed by atoms with Gasteiger partial charge in [0.25, 0.3) is 0 Å². The Hall–Kier alpha value is -1.02. The van der Waals surface area contributed by atoms with Crippen LogP contribution in [-0.2, 0) is 5.54 Å². The molecule has 82 valence electrons. The SMILES string of the molecule is COc1ccc(C2(N)CCCC2)cc1C. The van der Waals surface area contributed by atoms with Crippen molar-refractivity contribution in [2.45, 2.75) is 38.1 Å². The monoisotopic (exact) mass is 205 g/mol. The van der Waals surface area contributed by atoms with Gasteiger partial charge in [0, 0.05) is 5.54 Å². The van der Waals surface area contributed by atoms with Crippen LogP contribution in [0.4, 0.5) is 0 Å². The lowest BCUT2D eigenvalue weighted by Crippen LogP contribution is -2.33. The summed E-state index contributed by atoms with van der Waals surface area (Å²) in [6.45, 7) is 2.07. The number of rotatable bonds is 2. The van der Waals surface area contributed by atoms with E-state index >= 15 is 0 Å². The smallest absolute Gasteiger partial charge is 0.121 e. The van der Waals surface area contributed by atoms with Gasteiger partial charge in [-0.25, -0.2) is 0 Å². The Morgan fingerprint density at radius 2 is 1.93 bits per heavy atom. The fraction of sp³-hybridized carbons (Fsp3) is 0.538. The summed E-state index contributed by atoms with van der Waals surface area (Å²) in [6.07, 6.45) is 4.72. The highest BCUT2D eigenvalue weighted by Gasteiger charge is 2.31. The summed E-state index contributed by atoms with van der Waals surface area (Å²) in [4.78, 5) is 0. The molecule has 0 amide bonds. The third-order valence-corrected chi connectivity index (χ3v) is 3.47. The molecular weight excluding hydrogens is 186 g/mol. The lowest BCUT2D eigenvalue weighted by atomic mass is 9.88. The largest absolute Gasteiger partial charge is 0.496 e. The topological polar surface area (TPSA) is 35.2 Å². The van der Waals surface area contributed by atoms with E-state index in [1.165, 1.54) is 24.0 Å². The van der Waals surface area contributed by atoms with Crippen molar-refractivity contribution in [2.24, 2.45) is 5.73 Å². The Labute approximate surface area is 91.4 Å². The van der Waals surface area contributed by atoms with Crippen LogP contribution in [-0.4, -0.2) is 7.11 Å². The predicted molar refractivity (Wildman–Crippen MR) is 62.1 cm³/mol. The van der Waals surface area contributed by atoms with E-state index < -0.39 is 0 Å². The van der Waals surface area contributed by atoms with Crippen molar-refractivity contribution in [3.05, 3.63) is 29.3 Å². The first kappa shape index (κ1) is 10.5. The highest BCUT2D eigenvalue weighted by molar-refractivity contribution is 5.39. The maximum atomic E-state index is 6.40. The normalized spacial score (nSPS) is 19.1. The lowest BCUT2D eigenvalue weighted by Gasteiger charge is -2.25. The zero-order valence-corrected chi connectivity index (χ0v) is 9.55. The fourth-order valence-corrected chi connectivity index (χ4v) is 2.48. The third-order valence-electron chi connectivity index (χ3n) is 3.47. The minimum absolute atomic E-state index is 0.0863. The van der Waals surface area contributed by atoms with Crippen LogP contribution >= 0.6 is 0 Å². The number of benzene rings is 1. The highest BCUT2D eigenvalue weighted by atomic mass is 16.5. The second kappa shape index (κ2) is 3.86. The second-order valence-electron chi connectivity index (χ2n) is 4.55. The molecule has 2 N–H and O–H groups in total. The first-order valence-corrected chi connectivity index (χ1v) is 5.60. The standard InChI is InChI=1S/C13H19NO/c1-10-9-11(5-6-12(10)15-2)13(14)7-3-4-8-13/h5-6,9H,3-4,7-8,14H2,1-2H3. The van der Waals surface area contributed by atoms with E-state index in [0.29, 0.717) is 0 Å². The molecule has 0 saturated heterocycles. The number of ether oxygens (including phenoxy) is 1. The number of hydrogen-bond donors (Lipinski definition) is 1.